The third-order valence-electron chi connectivity index (χ3n) is 7.89. The molecule has 2 aromatic rings. The lowest BCUT2D eigenvalue weighted by Gasteiger charge is -2.36. The predicted octanol–water partition coefficient (Wildman–Crippen LogP) is 8.94. The molecule has 0 atom stereocenters. The Labute approximate surface area is 196 Å². The van der Waals surface area contributed by atoms with Crippen LogP contribution in [0, 0.1) is 0 Å². The molecule has 2 nitrogen and oxygen atoms in total. The van der Waals surface area contributed by atoms with Gasteiger partial charge in [0, 0.05) is 5.41 Å². The van der Waals surface area contributed by atoms with Crippen molar-refractivity contribution in [2.45, 2.75) is 115 Å². The van der Waals surface area contributed by atoms with Crippen molar-refractivity contribution >= 4 is 0 Å². The molecular weight excluding hydrogens is 392 g/mol. The highest BCUT2D eigenvalue weighted by Crippen LogP contribution is 2.43. The zero-order valence-corrected chi connectivity index (χ0v) is 20.7. The summed E-state index contributed by atoms with van der Waals surface area (Å²) < 4.78 is 6.38. The van der Waals surface area contributed by atoms with E-state index in [2.05, 4.69) is 57.2 Å². The number of aromatic hydroxyl groups is 1. The van der Waals surface area contributed by atoms with Gasteiger partial charge in [0.1, 0.15) is 17.1 Å². The number of rotatable bonds is 6. The molecule has 0 amide bonds. The van der Waals surface area contributed by atoms with E-state index >= 15 is 0 Å². The Bertz CT molecular complexity index is 775. The van der Waals surface area contributed by atoms with Crippen LogP contribution in [0.25, 0.3) is 0 Å². The van der Waals surface area contributed by atoms with Gasteiger partial charge >= 0.3 is 0 Å². The summed E-state index contributed by atoms with van der Waals surface area (Å²) in [6, 6.07) is 17.0. The van der Waals surface area contributed by atoms with Crippen molar-refractivity contribution in [2.75, 3.05) is 0 Å². The van der Waals surface area contributed by atoms with Gasteiger partial charge in [-0.25, -0.2) is 0 Å². The molecule has 0 aromatic heterocycles. The van der Waals surface area contributed by atoms with E-state index in [1.807, 2.05) is 12.1 Å². The summed E-state index contributed by atoms with van der Waals surface area (Å²) in [6.07, 6.45) is 16.3. The van der Waals surface area contributed by atoms with Crippen LogP contribution in [0.2, 0.25) is 0 Å². The van der Waals surface area contributed by atoms with Crippen LogP contribution in [0.5, 0.6) is 11.5 Å². The minimum Gasteiger partial charge on any atom is -0.508 e. The molecule has 0 radical (unpaired) electrons. The Morgan fingerprint density at radius 3 is 1.53 bits per heavy atom. The molecule has 1 aliphatic rings. The van der Waals surface area contributed by atoms with E-state index in [1.54, 1.807) is 0 Å². The van der Waals surface area contributed by atoms with Crippen LogP contribution in [0.4, 0.5) is 0 Å². The van der Waals surface area contributed by atoms with Gasteiger partial charge in [-0.15, -0.1) is 0 Å². The third-order valence-corrected chi connectivity index (χ3v) is 7.89. The molecule has 0 saturated heterocycles. The molecule has 0 spiro atoms. The molecule has 1 N–H and O–H groups in total. The lowest BCUT2D eigenvalue weighted by atomic mass is 9.67. The standard InChI is InChI=1S/C30H44O2/c1-4-29(3,5-2)32-28-21-17-26(18-22-28)30(25-15-19-27(31)20-16-25)23-13-11-9-7-6-8-10-12-14-24-30/h15-22,31H,4-14,23-24H2,1-3H3. The second-order valence-corrected chi connectivity index (χ2v) is 10.1. The summed E-state index contributed by atoms with van der Waals surface area (Å²) in [5.74, 6) is 1.31. The van der Waals surface area contributed by atoms with Gasteiger partial charge < -0.3 is 9.84 Å². The van der Waals surface area contributed by atoms with Gasteiger partial charge in [0.05, 0.1) is 0 Å². The summed E-state index contributed by atoms with van der Waals surface area (Å²) in [5.41, 5.74) is 2.63. The van der Waals surface area contributed by atoms with E-state index in [-0.39, 0.29) is 11.0 Å². The van der Waals surface area contributed by atoms with Crippen LogP contribution >= 0.6 is 0 Å². The second kappa shape index (κ2) is 11.8. The van der Waals surface area contributed by atoms with Crippen LogP contribution in [-0.4, -0.2) is 10.7 Å². The molecule has 0 bridgehead atoms. The largest absolute Gasteiger partial charge is 0.508 e. The molecule has 0 heterocycles. The molecule has 176 valence electrons. The molecule has 32 heavy (non-hydrogen) atoms. The molecular formula is C30H44O2. The van der Waals surface area contributed by atoms with Crippen LogP contribution in [0.3, 0.4) is 0 Å². The van der Waals surface area contributed by atoms with Gasteiger partial charge in [0.25, 0.3) is 0 Å². The third kappa shape index (κ3) is 6.30. The first kappa shape index (κ1) is 24.7. The number of phenols is 1. The van der Waals surface area contributed by atoms with Crippen molar-refractivity contribution in [3.8, 4) is 11.5 Å². The van der Waals surface area contributed by atoms with E-state index in [9.17, 15) is 5.11 Å². The Kier molecular flexibility index (Phi) is 9.08. The highest BCUT2D eigenvalue weighted by molar-refractivity contribution is 5.43. The van der Waals surface area contributed by atoms with Crippen molar-refractivity contribution in [3.05, 3.63) is 59.7 Å². The molecule has 1 aliphatic carbocycles. The average Bonchev–Trinajstić information content (AvgIpc) is 2.81. The van der Waals surface area contributed by atoms with E-state index in [0.717, 1.165) is 18.6 Å². The molecule has 3 rings (SSSR count). The number of hydrogen-bond acceptors (Lipinski definition) is 2. The molecule has 0 aliphatic heterocycles. The minimum atomic E-state index is -0.108. The summed E-state index contributed by atoms with van der Waals surface area (Å²) in [6.45, 7) is 6.59. The summed E-state index contributed by atoms with van der Waals surface area (Å²) in [4.78, 5) is 0. The first-order valence-corrected chi connectivity index (χ1v) is 13.1. The smallest absolute Gasteiger partial charge is 0.120 e. The van der Waals surface area contributed by atoms with Gasteiger partial charge in [0.15, 0.2) is 0 Å². The van der Waals surface area contributed by atoms with Crippen LogP contribution < -0.4 is 4.74 Å². The fraction of sp³-hybridized carbons (Fsp3) is 0.600. The molecule has 2 heteroatoms. The van der Waals surface area contributed by atoms with Gasteiger partial charge in [-0.05, 0) is 68.0 Å². The first-order valence-electron chi connectivity index (χ1n) is 13.1. The summed E-state index contributed by atoms with van der Waals surface area (Å²) >= 11 is 0. The Morgan fingerprint density at radius 2 is 1.09 bits per heavy atom. The SMILES string of the molecule is CCC(C)(CC)Oc1ccc(C2(c3ccc(O)cc3)CCCCCCCCCCC2)cc1. The van der Waals surface area contributed by atoms with Crippen LogP contribution in [0.15, 0.2) is 48.5 Å². The van der Waals surface area contributed by atoms with Gasteiger partial charge in [-0.3, -0.25) is 0 Å². The lowest BCUT2D eigenvalue weighted by Crippen LogP contribution is -2.30. The van der Waals surface area contributed by atoms with Crippen molar-refractivity contribution in [1.82, 2.24) is 0 Å². The van der Waals surface area contributed by atoms with Crippen LogP contribution in [0.1, 0.15) is 115 Å². The number of hydrogen-bond donors (Lipinski definition) is 1. The topological polar surface area (TPSA) is 29.5 Å². The first-order chi connectivity index (χ1) is 15.5. The van der Waals surface area contributed by atoms with Gasteiger partial charge in [-0.1, -0.05) is 95.9 Å². The molecule has 0 unspecified atom stereocenters. The van der Waals surface area contributed by atoms with Crippen molar-refractivity contribution in [1.29, 1.82) is 0 Å². The van der Waals surface area contributed by atoms with E-state index in [4.69, 9.17) is 4.74 Å². The highest BCUT2D eigenvalue weighted by atomic mass is 16.5. The van der Waals surface area contributed by atoms with E-state index in [0.29, 0.717) is 5.75 Å². The monoisotopic (exact) mass is 436 g/mol. The van der Waals surface area contributed by atoms with Crippen molar-refractivity contribution in [3.63, 3.8) is 0 Å². The number of benzene rings is 2. The summed E-state index contributed by atoms with van der Waals surface area (Å²) in [7, 11) is 0. The maximum atomic E-state index is 9.94. The average molecular weight is 437 g/mol. The zero-order valence-electron chi connectivity index (χ0n) is 20.7. The van der Waals surface area contributed by atoms with E-state index in [1.165, 1.54) is 81.8 Å². The highest BCUT2D eigenvalue weighted by Gasteiger charge is 2.33. The maximum Gasteiger partial charge on any atom is 0.120 e. The Morgan fingerprint density at radius 1 is 0.688 bits per heavy atom. The zero-order chi connectivity index (χ0) is 22.9. The number of ether oxygens (including phenoxy) is 1. The Hall–Kier alpha value is -1.96. The lowest BCUT2D eigenvalue weighted by molar-refractivity contribution is 0.0802. The minimum absolute atomic E-state index is 0.00421. The quantitative estimate of drug-likeness (QED) is 0.489. The molecule has 2 aromatic carbocycles. The Balaban J connectivity index is 1.94. The van der Waals surface area contributed by atoms with Gasteiger partial charge in [-0.2, -0.15) is 0 Å². The van der Waals surface area contributed by atoms with Crippen molar-refractivity contribution < 1.29 is 9.84 Å². The fourth-order valence-corrected chi connectivity index (χ4v) is 5.26. The molecule has 1 fully saturated rings. The van der Waals surface area contributed by atoms with Crippen molar-refractivity contribution in [2.24, 2.45) is 0 Å². The fourth-order valence-electron chi connectivity index (χ4n) is 5.26. The number of phenolic OH excluding ortho intramolecular Hbond substituents is 1. The van der Waals surface area contributed by atoms with Crippen LogP contribution in [-0.2, 0) is 5.41 Å². The maximum absolute atomic E-state index is 9.94. The van der Waals surface area contributed by atoms with Gasteiger partial charge in [0.2, 0.25) is 0 Å². The van der Waals surface area contributed by atoms with E-state index < -0.39 is 0 Å². The summed E-state index contributed by atoms with van der Waals surface area (Å²) in [5, 5.41) is 9.94. The predicted molar refractivity (Wildman–Crippen MR) is 136 cm³/mol. The normalized spacial score (nSPS) is 18.3. The second-order valence-electron chi connectivity index (χ2n) is 10.1. The molecule has 1 saturated carbocycles.